The van der Waals surface area contributed by atoms with Crippen molar-refractivity contribution in [2.75, 3.05) is 39.3 Å². The van der Waals surface area contributed by atoms with Gasteiger partial charge in [0.25, 0.3) is 0 Å². The Balaban J connectivity index is 1.63. The second-order valence-electron chi connectivity index (χ2n) is 6.31. The summed E-state index contributed by atoms with van der Waals surface area (Å²) < 4.78 is 0. The Morgan fingerprint density at radius 1 is 1.11 bits per heavy atom. The molecular weight excluding hydrogens is 222 g/mol. The molecule has 1 heterocycles. The molecule has 0 bridgehead atoms. The Morgan fingerprint density at radius 3 is 2.39 bits per heavy atom. The second kappa shape index (κ2) is 7.46. The third kappa shape index (κ3) is 4.22. The summed E-state index contributed by atoms with van der Waals surface area (Å²) in [6, 6.07) is 0.918. The van der Waals surface area contributed by atoms with Gasteiger partial charge in [-0.2, -0.15) is 0 Å². The van der Waals surface area contributed by atoms with Crippen LogP contribution in [0.25, 0.3) is 0 Å². The number of piperazine rings is 1. The van der Waals surface area contributed by atoms with Gasteiger partial charge < -0.3 is 10.6 Å². The topological polar surface area (TPSA) is 32.5 Å². The van der Waals surface area contributed by atoms with Crippen LogP contribution in [0, 0.1) is 5.92 Å². The fraction of sp³-hybridized carbons (Fsp3) is 1.00. The molecule has 2 rings (SSSR count). The third-order valence-electron chi connectivity index (χ3n) is 4.72. The summed E-state index contributed by atoms with van der Waals surface area (Å²) in [5.41, 5.74) is 5.58. The maximum atomic E-state index is 5.58. The Bertz CT molecular complexity index is 218. The van der Waals surface area contributed by atoms with Crippen molar-refractivity contribution in [3.05, 3.63) is 0 Å². The zero-order valence-corrected chi connectivity index (χ0v) is 12.1. The Hall–Kier alpha value is -0.120. The van der Waals surface area contributed by atoms with Crippen LogP contribution in [0.1, 0.15) is 45.4 Å². The number of hydrogen-bond donors (Lipinski definition) is 1. The van der Waals surface area contributed by atoms with E-state index >= 15 is 0 Å². The molecule has 1 atom stereocenters. The summed E-state index contributed by atoms with van der Waals surface area (Å²) in [4.78, 5) is 5.40. The first kappa shape index (κ1) is 14.3. The molecule has 0 aromatic carbocycles. The van der Waals surface area contributed by atoms with Crippen LogP contribution in [0.4, 0.5) is 0 Å². The van der Waals surface area contributed by atoms with Gasteiger partial charge in [0.15, 0.2) is 0 Å². The van der Waals surface area contributed by atoms with Crippen molar-refractivity contribution in [1.82, 2.24) is 9.80 Å². The Morgan fingerprint density at radius 2 is 1.78 bits per heavy atom. The lowest BCUT2D eigenvalue weighted by Gasteiger charge is -2.39. The first-order valence-electron chi connectivity index (χ1n) is 7.96. The number of hydrogen-bond acceptors (Lipinski definition) is 3. The van der Waals surface area contributed by atoms with Gasteiger partial charge in [-0.1, -0.05) is 19.8 Å². The van der Waals surface area contributed by atoms with Gasteiger partial charge in [0, 0.05) is 38.8 Å². The SMILES string of the molecule is CC(CCCN)CN1CCN(C2CCCC2)CC1. The summed E-state index contributed by atoms with van der Waals surface area (Å²) in [5.74, 6) is 0.812. The monoisotopic (exact) mass is 253 g/mol. The first-order chi connectivity index (χ1) is 8.79. The fourth-order valence-corrected chi connectivity index (χ4v) is 3.58. The molecule has 2 N–H and O–H groups in total. The van der Waals surface area contributed by atoms with Crippen molar-refractivity contribution in [2.24, 2.45) is 11.7 Å². The summed E-state index contributed by atoms with van der Waals surface area (Å²) in [6.07, 6.45) is 8.30. The molecule has 0 spiro atoms. The van der Waals surface area contributed by atoms with E-state index in [0.29, 0.717) is 0 Å². The quantitative estimate of drug-likeness (QED) is 0.785. The van der Waals surface area contributed by atoms with Gasteiger partial charge in [-0.05, 0) is 38.1 Å². The lowest BCUT2D eigenvalue weighted by Crippen LogP contribution is -2.50. The van der Waals surface area contributed by atoms with Gasteiger partial charge in [-0.25, -0.2) is 0 Å². The molecule has 3 heteroatoms. The molecule has 1 unspecified atom stereocenters. The van der Waals surface area contributed by atoms with Crippen LogP contribution in [-0.2, 0) is 0 Å². The summed E-state index contributed by atoms with van der Waals surface area (Å²) >= 11 is 0. The molecule has 2 aliphatic rings. The summed E-state index contributed by atoms with van der Waals surface area (Å²) in [5, 5.41) is 0. The van der Waals surface area contributed by atoms with Gasteiger partial charge in [0.2, 0.25) is 0 Å². The van der Waals surface area contributed by atoms with Crippen molar-refractivity contribution >= 4 is 0 Å². The van der Waals surface area contributed by atoms with Crippen molar-refractivity contribution in [3.8, 4) is 0 Å². The third-order valence-corrected chi connectivity index (χ3v) is 4.72. The normalized spacial score (nSPS) is 25.7. The molecule has 1 saturated carbocycles. The van der Waals surface area contributed by atoms with Gasteiger partial charge in [0.1, 0.15) is 0 Å². The molecule has 1 aliphatic carbocycles. The van der Waals surface area contributed by atoms with E-state index < -0.39 is 0 Å². The summed E-state index contributed by atoms with van der Waals surface area (Å²) in [6.45, 7) is 9.66. The van der Waals surface area contributed by atoms with Crippen LogP contribution < -0.4 is 5.73 Å². The highest BCUT2D eigenvalue weighted by molar-refractivity contribution is 4.82. The molecular formula is C15H31N3. The zero-order valence-electron chi connectivity index (χ0n) is 12.1. The van der Waals surface area contributed by atoms with Gasteiger partial charge in [0.05, 0.1) is 0 Å². The number of nitrogens with two attached hydrogens (primary N) is 1. The van der Waals surface area contributed by atoms with Crippen LogP contribution in [0.5, 0.6) is 0 Å². The Kier molecular flexibility index (Phi) is 5.93. The molecule has 106 valence electrons. The maximum absolute atomic E-state index is 5.58. The number of nitrogens with zero attached hydrogens (tertiary/aromatic N) is 2. The van der Waals surface area contributed by atoms with Crippen LogP contribution in [0.3, 0.4) is 0 Å². The van der Waals surface area contributed by atoms with Crippen molar-refractivity contribution in [1.29, 1.82) is 0 Å². The maximum Gasteiger partial charge on any atom is 0.0113 e. The lowest BCUT2D eigenvalue weighted by molar-refractivity contribution is 0.0882. The minimum atomic E-state index is 0.812. The van der Waals surface area contributed by atoms with Crippen LogP contribution >= 0.6 is 0 Å². The molecule has 0 radical (unpaired) electrons. The molecule has 1 saturated heterocycles. The van der Waals surface area contributed by atoms with E-state index in [0.717, 1.165) is 18.5 Å². The average molecular weight is 253 g/mol. The predicted molar refractivity (Wildman–Crippen MR) is 77.7 cm³/mol. The summed E-state index contributed by atoms with van der Waals surface area (Å²) in [7, 11) is 0. The Labute approximate surface area is 113 Å². The van der Waals surface area contributed by atoms with Crippen LogP contribution in [0.2, 0.25) is 0 Å². The average Bonchev–Trinajstić information content (AvgIpc) is 2.91. The number of rotatable bonds is 6. The standard InChI is InChI=1S/C15H31N3/c1-14(5-4-8-16)13-17-9-11-18(12-10-17)15-6-2-3-7-15/h14-15H,2-13,16H2,1H3. The van der Waals surface area contributed by atoms with Gasteiger partial charge in [-0.15, -0.1) is 0 Å². The minimum Gasteiger partial charge on any atom is -0.330 e. The fourth-order valence-electron chi connectivity index (χ4n) is 3.58. The van der Waals surface area contributed by atoms with E-state index in [-0.39, 0.29) is 0 Å². The van der Waals surface area contributed by atoms with Gasteiger partial charge >= 0.3 is 0 Å². The van der Waals surface area contributed by atoms with E-state index in [1.807, 2.05) is 0 Å². The van der Waals surface area contributed by atoms with E-state index in [1.54, 1.807) is 0 Å². The highest BCUT2D eigenvalue weighted by atomic mass is 15.3. The molecule has 1 aliphatic heterocycles. The highest BCUT2D eigenvalue weighted by Gasteiger charge is 2.26. The molecule has 18 heavy (non-hydrogen) atoms. The van der Waals surface area contributed by atoms with E-state index in [4.69, 9.17) is 5.73 Å². The van der Waals surface area contributed by atoms with Crippen molar-refractivity contribution in [3.63, 3.8) is 0 Å². The smallest absolute Gasteiger partial charge is 0.0113 e. The molecule has 0 amide bonds. The molecule has 0 aromatic rings. The molecule has 0 aromatic heterocycles. The van der Waals surface area contributed by atoms with Crippen molar-refractivity contribution < 1.29 is 0 Å². The highest BCUT2D eigenvalue weighted by Crippen LogP contribution is 2.24. The molecule has 2 fully saturated rings. The van der Waals surface area contributed by atoms with Crippen LogP contribution in [-0.4, -0.2) is 55.1 Å². The minimum absolute atomic E-state index is 0.812. The van der Waals surface area contributed by atoms with E-state index in [9.17, 15) is 0 Å². The zero-order chi connectivity index (χ0) is 12.8. The van der Waals surface area contributed by atoms with E-state index in [2.05, 4.69) is 16.7 Å². The predicted octanol–water partition coefficient (Wildman–Crippen LogP) is 1.92. The van der Waals surface area contributed by atoms with E-state index in [1.165, 1.54) is 71.2 Å². The van der Waals surface area contributed by atoms with Crippen molar-refractivity contribution in [2.45, 2.75) is 51.5 Å². The molecule has 3 nitrogen and oxygen atoms in total. The van der Waals surface area contributed by atoms with Crippen LogP contribution in [0.15, 0.2) is 0 Å². The second-order valence-corrected chi connectivity index (χ2v) is 6.31. The lowest BCUT2D eigenvalue weighted by atomic mass is 10.0. The largest absolute Gasteiger partial charge is 0.330 e. The first-order valence-corrected chi connectivity index (χ1v) is 7.96. The van der Waals surface area contributed by atoms with Gasteiger partial charge in [-0.3, -0.25) is 4.90 Å².